The minimum absolute atomic E-state index is 0.0419. The Morgan fingerprint density at radius 2 is 1.77 bits per heavy atom. The molecule has 7 nitrogen and oxygen atoms in total. The molecule has 0 aliphatic rings. The first-order valence-electron chi connectivity index (χ1n) is 7.66. The van der Waals surface area contributed by atoms with Crippen molar-refractivity contribution in [1.29, 1.82) is 0 Å². The maximum absolute atomic E-state index is 12.4. The molecule has 2 aromatic carbocycles. The van der Waals surface area contributed by atoms with Crippen molar-refractivity contribution in [2.45, 2.75) is 4.90 Å². The van der Waals surface area contributed by atoms with Crippen LogP contribution in [0.3, 0.4) is 0 Å². The highest BCUT2D eigenvalue weighted by atomic mass is 32.2. The Morgan fingerprint density at radius 3 is 2.50 bits per heavy atom. The van der Waals surface area contributed by atoms with Crippen LogP contribution in [0.5, 0.6) is 0 Å². The maximum Gasteiger partial charge on any atom is 0.291 e. The normalized spacial score (nSPS) is 11.7. The number of nitrogens with one attached hydrogen (secondary N) is 1. The first-order valence-corrected chi connectivity index (χ1v) is 9.10. The van der Waals surface area contributed by atoms with Crippen LogP contribution in [0.25, 0.3) is 11.0 Å². The van der Waals surface area contributed by atoms with Gasteiger partial charge < -0.3 is 9.73 Å². The molecule has 0 aliphatic heterocycles. The van der Waals surface area contributed by atoms with Crippen molar-refractivity contribution in [2.75, 3.05) is 19.4 Å². The van der Waals surface area contributed by atoms with E-state index in [0.717, 1.165) is 10.4 Å². The summed E-state index contributed by atoms with van der Waals surface area (Å²) < 4.78 is 30.9. The monoisotopic (exact) mass is 372 g/mol. The van der Waals surface area contributed by atoms with Crippen LogP contribution < -0.4 is 10.7 Å². The van der Waals surface area contributed by atoms with Crippen LogP contribution in [-0.4, -0.2) is 32.7 Å². The van der Waals surface area contributed by atoms with Gasteiger partial charge in [0, 0.05) is 25.8 Å². The zero-order valence-corrected chi connectivity index (χ0v) is 14.9. The standard InChI is InChI=1S/C18H16N2O5S/c1-20(2)26(23,24)13-7-5-6-12(10-13)19-18(22)17-11-15(21)14-8-3-4-9-16(14)25-17/h3-11H,1-2H3,(H,19,22). The lowest BCUT2D eigenvalue weighted by Crippen LogP contribution is -2.22. The van der Waals surface area contributed by atoms with Crippen LogP contribution in [0.2, 0.25) is 0 Å². The smallest absolute Gasteiger partial charge is 0.291 e. The zero-order valence-electron chi connectivity index (χ0n) is 14.1. The number of anilines is 1. The van der Waals surface area contributed by atoms with Crippen LogP contribution >= 0.6 is 0 Å². The van der Waals surface area contributed by atoms with E-state index in [9.17, 15) is 18.0 Å². The van der Waals surface area contributed by atoms with Crippen LogP contribution in [-0.2, 0) is 10.0 Å². The van der Waals surface area contributed by atoms with Crippen molar-refractivity contribution in [3.8, 4) is 0 Å². The molecule has 1 aromatic heterocycles. The number of sulfonamides is 1. The Kier molecular flexibility index (Phi) is 4.62. The van der Waals surface area contributed by atoms with Crippen LogP contribution in [0, 0.1) is 0 Å². The number of rotatable bonds is 4. The van der Waals surface area contributed by atoms with Gasteiger partial charge in [-0.3, -0.25) is 9.59 Å². The molecule has 0 aliphatic carbocycles. The number of hydrogen-bond donors (Lipinski definition) is 1. The zero-order chi connectivity index (χ0) is 18.9. The second kappa shape index (κ2) is 6.74. The van der Waals surface area contributed by atoms with E-state index in [1.807, 2.05) is 0 Å². The fourth-order valence-corrected chi connectivity index (χ4v) is 3.30. The van der Waals surface area contributed by atoms with Gasteiger partial charge >= 0.3 is 0 Å². The Hall–Kier alpha value is -2.97. The molecule has 0 unspecified atom stereocenters. The molecule has 0 radical (unpaired) electrons. The predicted molar refractivity (Wildman–Crippen MR) is 97.8 cm³/mol. The SMILES string of the molecule is CN(C)S(=O)(=O)c1cccc(NC(=O)c2cc(=O)c3ccccc3o2)c1. The number of amides is 1. The highest BCUT2D eigenvalue weighted by Crippen LogP contribution is 2.19. The molecule has 0 atom stereocenters. The first kappa shape index (κ1) is 17.8. The third-order valence-electron chi connectivity index (χ3n) is 3.73. The summed E-state index contributed by atoms with van der Waals surface area (Å²) in [5, 5.41) is 2.92. The molecule has 0 saturated heterocycles. The highest BCUT2D eigenvalue weighted by Gasteiger charge is 2.18. The number of fused-ring (bicyclic) bond motifs is 1. The largest absolute Gasteiger partial charge is 0.451 e. The van der Waals surface area contributed by atoms with Crippen molar-refractivity contribution in [2.24, 2.45) is 0 Å². The third kappa shape index (κ3) is 3.37. The quantitative estimate of drug-likeness (QED) is 0.758. The van der Waals surface area contributed by atoms with Gasteiger partial charge in [-0.1, -0.05) is 18.2 Å². The van der Waals surface area contributed by atoms with Gasteiger partial charge in [-0.2, -0.15) is 0 Å². The number of benzene rings is 2. The highest BCUT2D eigenvalue weighted by molar-refractivity contribution is 7.89. The summed E-state index contributed by atoms with van der Waals surface area (Å²) in [6.07, 6.45) is 0. The Labute approximate surface area is 149 Å². The van der Waals surface area contributed by atoms with Gasteiger partial charge in [-0.05, 0) is 30.3 Å². The van der Waals surface area contributed by atoms with Crippen molar-refractivity contribution >= 4 is 32.6 Å². The van der Waals surface area contributed by atoms with Crippen LogP contribution in [0.15, 0.2) is 68.7 Å². The molecule has 134 valence electrons. The summed E-state index contributed by atoms with van der Waals surface area (Å²) in [5.41, 5.74) is 0.240. The molecule has 0 spiro atoms. The number of carbonyl (C=O) groups is 1. The summed E-state index contributed by atoms with van der Waals surface area (Å²) in [4.78, 5) is 24.5. The Morgan fingerprint density at radius 1 is 1.04 bits per heavy atom. The van der Waals surface area contributed by atoms with Gasteiger partial charge in [0.2, 0.25) is 10.0 Å². The van der Waals surface area contributed by atoms with Crippen molar-refractivity contribution < 1.29 is 17.6 Å². The molecule has 26 heavy (non-hydrogen) atoms. The number of hydrogen-bond acceptors (Lipinski definition) is 5. The molecular formula is C18H16N2O5S. The van der Waals surface area contributed by atoms with Crippen LogP contribution in [0.4, 0.5) is 5.69 Å². The molecule has 1 amide bonds. The van der Waals surface area contributed by atoms with Crippen LogP contribution in [0.1, 0.15) is 10.6 Å². The average Bonchev–Trinajstić information content (AvgIpc) is 2.61. The average molecular weight is 372 g/mol. The van der Waals surface area contributed by atoms with Gasteiger partial charge in [-0.25, -0.2) is 12.7 Å². The number of para-hydroxylation sites is 1. The summed E-state index contributed by atoms with van der Waals surface area (Å²) in [7, 11) is -0.785. The maximum atomic E-state index is 12.4. The fourth-order valence-electron chi connectivity index (χ4n) is 2.35. The number of nitrogens with zero attached hydrogens (tertiary/aromatic N) is 1. The minimum Gasteiger partial charge on any atom is -0.451 e. The molecule has 1 N–H and O–H groups in total. The van der Waals surface area contributed by atoms with E-state index in [4.69, 9.17) is 4.42 Å². The minimum atomic E-state index is -3.63. The van der Waals surface area contributed by atoms with Gasteiger partial charge in [0.05, 0.1) is 10.3 Å². The molecular weight excluding hydrogens is 356 g/mol. The fraction of sp³-hybridized carbons (Fsp3) is 0.111. The third-order valence-corrected chi connectivity index (χ3v) is 5.54. The summed E-state index contributed by atoms with van der Waals surface area (Å²) in [5.74, 6) is -0.804. The van der Waals surface area contributed by atoms with E-state index in [1.54, 1.807) is 30.3 Å². The van der Waals surface area contributed by atoms with Crippen molar-refractivity contribution in [3.63, 3.8) is 0 Å². The molecule has 1 heterocycles. The number of carbonyl (C=O) groups excluding carboxylic acids is 1. The predicted octanol–water partition coefficient (Wildman–Crippen LogP) is 2.30. The topological polar surface area (TPSA) is 96.7 Å². The summed E-state index contributed by atoms with van der Waals surface area (Å²) in [6, 6.07) is 13.5. The van der Waals surface area contributed by atoms with E-state index in [1.165, 1.54) is 32.3 Å². The van der Waals surface area contributed by atoms with E-state index in [0.29, 0.717) is 11.0 Å². The van der Waals surface area contributed by atoms with E-state index < -0.39 is 15.9 Å². The lowest BCUT2D eigenvalue weighted by Gasteiger charge is -2.12. The van der Waals surface area contributed by atoms with E-state index >= 15 is 0 Å². The molecule has 3 rings (SSSR count). The molecule has 8 heteroatoms. The second-order valence-electron chi connectivity index (χ2n) is 5.74. The Bertz CT molecular complexity index is 1150. The van der Waals surface area contributed by atoms with Gasteiger partial charge in [-0.15, -0.1) is 0 Å². The van der Waals surface area contributed by atoms with Crippen molar-refractivity contribution in [1.82, 2.24) is 4.31 Å². The lowest BCUT2D eigenvalue weighted by molar-refractivity contribution is 0.0997. The molecule has 3 aromatic rings. The Balaban J connectivity index is 1.93. The molecule has 0 bridgehead atoms. The van der Waals surface area contributed by atoms with E-state index in [2.05, 4.69) is 5.32 Å². The lowest BCUT2D eigenvalue weighted by atomic mass is 10.2. The first-order chi connectivity index (χ1) is 12.3. The summed E-state index contributed by atoms with van der Waals surface area (Å²) in [6.45, 7) is 0. The second-order valence-corrected chi connectivity index (χ2v) is 7.89. The summed E-state index contributed by atoms with van der Waals surface area (Å²) >= 11 is 0. The van der Waals surface area contributed by atoms with Gasteiger partial charge in [0.25, 0.3) is 5.91 Å². The molecule has 0 saturated carbocycles. The van der Waals surface area contributed by atoms with Crippen molar-refractivity contribution in [3.05, 3.63) is 70.6 Å². The van der Waals surface area contributed by atoms with Gasteiger partial charge in [0.15, 0.2) is 11.2 Å². The van der Waals surface area contributed by atoms with Gasteiger partial charge in [0.1, 0.15) is 5.58 Å². The molecule has 0 fully saturated rings. The van der Waals surface area contributed by atoms with E-state index in [-0.39, 0.29) is 21.8 Å².